The first-order valence-electron chi connectivity index (χ1n) is 10.2. The highest BCUT2D eigenvalue weighted by molar-refractivity contribution is 6.02. The fraction of sp³-hybridized carbons (Fsp3) is 0.524. The molecule has 1 unspecified atom stereocenters. The van der Waals surface area contributed by atoms with Gasteiger partial charge in [0.1, 0.15) is 5.75 Å². The topological polar surface area (TPSA) is 112 Å². The van der Waals surface area contributed by atoms with Gasteiger partial charge in [0.05, 0.1) is 17.1 Å². The molecule has 0 spiro atoms. The molecule has 2 aliphatic heterocycles. The van der Waals surface area contributed by atoms with Crippen molar-refractivity contribution >= 4 is 28.6 Å². The highest BCUT2D eigenvalue weighted by Crippen LogP contribution is 2.32. The van der Waals surface area contributed by atoms with Crippen LogP contribution in [0, 0.1) is 0 Å². The van der Waals surface area contributed by atoms with E-state index in [1.165, 1.54) is 0 Å². The van der Waals surface area contributed by atoms with E-state index >= 15 is 0 Å². The van der Waals surface area contributed by atoms with Crippen molar-refractivity contribution in [3.8, 4) is 5.75 Å². The first kappa shape index (κ1) is 20.3. The van der Waals surface area contributed by atoms with Crippen LogP contribution in [0.4, 0.5) is 0 Å². The lowest BCUT2D eigenvalue weighted by molar-refractivity contribution is -0.134. The van der Waals surface area contributed by atoms with Crippen LogP contribution in [-0.2, 0) is 26.2 Å². The zero-order valence-corrected chi connectivity index (χ0v) is 17.2. The van der Waals surface area contributed by atoms with E-state index in [0.717, 1.165) is 23.7 Å². The molecule has 2 saturated heterocycles. The summed E-state index contributed by atoms with van der Waals surface area (Å²) in [6.45, 7) is 3.22. The number of nitrogens with one attached hydrogen (secondary N) is 2. The molecule has 9 heteroatoms. The van der Waals surface area contributed by atoms with E-state index in [4.69, 9.17) is 9.47 Å². The van der Waals surface area contributed by atoms with Crippen LogP contribution < -0.4 is 15.4 Å². The van der Waals surface area contributed by atoms with Crippen LogP contribution in [0.25, 0.3) is 10.9 Å². The maximum Gasteiger partial charge on any atom is 0.258 e. The van der Waals surface area contributed by atoms with Gasteiger partial charge in [-0.15, -0.1) is 0 Å². The molecule has 3 amide bonds. The number of ether oxygens (including phenoxy) is 2. The monoisotopic (exact) mass is 414 g/mol. The first-order chi connectivity index (χ1) is 14.3. The van der Waals surface area contributed by atoms with Crippen molar-refractivity contribution in [1.29, 1.82) is 0 Å². The number of hydrogen-bond donors (Lipinski definition) is 2. The van der Waals surface area contributed by atoms with Gasteiger partial charge in [-0.2, -0.15) is 5.10 Å². The Morgan fingerprint density at radius 3 is 2.87 bits per heavy atom. The lowest BCUT2D eigenvalue weighted by Gasteiger charge is -2.34. The molecule has 160 valence electrons. The van der Waals surface area contributed by atoms with Gasteiger partial charge in [-0.05, 0) is 38.3 Å². The Balaban J connectivity index is 1.45. The minimum absolute atomic E-state index is 0.0835. The number of imide groups is 1. The number of rotatable bonds is 5. The maximum absolute atomic E-state index is 12.3. The lowest BCUT2D eigenvalue weighted by Crippen LogP contribution is -2.50. The molecule has 4 rings (SSSR count). The Kier molecular flexibility index (Phi) is 5.46. The second-order valence-electron chi connectivity index (χ2n) is 8.20. The predicted molar refractivity (Wildman–Crippen MR) is 108 cm³/mol. The third-order valence-electron chi connectivity index (χ3n) is 5.83. The second-order valence-corrected chi connectivity index (χ2v) is 8.20. The fourth-order valence-corrected chi connectivity index (χ4v) is 4.04. The highest BCUT2D eigenvalue weighted by atomic mass is 16.5. The van der Waals surface area contributed by atoms with Crippen molar-refractivity contribution < 1.29 is 23.9 Å². The summed E-state index contributed by atoms with van der Waals surface area (Å²) in [5.74, 6) is -0.643. The van der Waals surface area contributed by atoms with E-state index in [2.05, 4.69) is 15.7 Å². The molecule has 2 aromatic rings. The Labute approximate surface area is 174 Å². The zero-order valence-electron chi connectivity index (χ0n) is 17.2. The quantitative estimate of drug-likeness (QED) is 0.710. The Morgan fingerprint density at radius 2 is 2.13 bits per heavy atom. The number of fused-ring (bicyclic) bond motifs is 1. The van der Waals surface area contributed by atoms with Crippen molar-refractivity contribution in [3.05, 3.63) is 23.9 Å². The van der Waals surface area contributed by atoms with Crippen molar-refractivity contribution in [1.82, 2.24) is 20.4 Å². The second kappa shape index (κ2) is 8.06. The molecule has 3 heterocycles. The van der Waals surface area contributed by atoms with Gasteiger partial charge in [0.2, 0.25) is 11.8 Å². The van der Waals surface area contributed by atoms with Crippen molar-refractivity contribution in [2.75, 3.05) is 19.8 Å². The zero-order chi connectivity index (χ0) is 21.3. The molecule has 2 N–H and O–H groups in total. The van der Waals surface area contributed by atoms with Gasteiger partial charge in [-0.3, -0.25) is 24.4 Å². The van der Waals surface area contributed by atoms with Crippen LogP contribution in [0.3, 0.4) is 0 Å². The fourth-order valence-electron chi connectivity index (χ4n) is 4.04. The van der Waals surface area contributed by atoms with Crippen LogP contribution in [0.5, 0.6) is 5.75 Å². The van der Waals surface area contributed by atoms with E-state index in [1.807, 2.05) is 13.0 Å². The number of nitrogens with zero attached hydrogens (tertiary/aromatic N) is 2. The highest BCUT2D eigenvalue weighted by Gasteiger charge is 2.32. The first-order valence-corrected chi connectivity index (χ1v) is 10.2. The number of aryl methyl sites for hydroxylation is 1. The van der Waals surface area contributed by atoms with Gasteiger partial charge in [0.15, 0.2) is 6.61 Å². The Hall–Kier alpha value is -2.94. The summed E-state index contributed by atoms with van der Waals surface area (Å²) < 4.78 is 12.7. The number of carbonyl (C=O) groups is 3. The summed E-state index contributed by atoms with van der Waals surface area (Å²) in [5.41, 5.74) is 1.18. The third-order valence-corrected chi connectivity index (χ3v) is 5.83. The molecule has 0 aliphatic carbocycles. The van der Waals surface area contributed by atoms with Crippen molar-refractivity contribution in [2.24, 2.45) is 7.05 Å². The summed E-state index contributed by atoms with van der Waals surface area (Å²) in [4.78, 5) is 36.0. The molecule has 1 aromatic heterocycles. The van der Waals surface area contributed by atoms with E-state index < -0.39 is 5.92 Å². The van der Waals surface area contributed by atoms with E-state index in [-0.39, 0.29) is 29.9 Å². The van der Waals surface area contributed by atoms with Crippen LogP contribution in [0.15, 0.2) is 18.2 Å². The molecule has 2 aliphatic rings. The SMILES string of the molecule is Cn1nc(C2CCC(=O)NC2=O)c2ccc(OCC(=O)NC3(C)CCOCC3)cc21. The van der Waals surface area contributed by atoms with Crippen molar-refractivity contribution in [3.63, 3.8) is 0 Å². The molecular weight excluding hydrogens is 388 g/mol. The van der Waals surface area contributed by atoms with Crippen LogP contribution >= 0.6 is 0 Å². The largest absolute Gasteiger partial charge is 0.484 e. The molecular formula is C21H26N4O5. The van der Waals surface area contributed by atoms with Gasteiger partial charge in [-0.25, -0.2) is 0 Å². The number of benzene rings is 1. The lowest BCUT2D eigenvalue weighted by atomic mass is 9.92. The van der Waals surface area contributed by atoms with E-state index in [9.17, 15) is 14.4 Å². The summed E-state index contributed by atoms with van der Waals surface area (Å²) in [7, 11) is 1.79. The molecule has 9 nitrogen and oxygen atoms in total. The minimum Gasteiger partial charge on any atom is -0.484 e. The standard InChI is InChI=1S/C21H26N4O5/c1-21(7-9-29-10-8-21)23-18(27)12-30-13-3-4-14-16(11-13)25(2)24-19(14)15-5-6-17(26)22-20(15)28/h3-4,11,15H,5-10,12H2,1-2H3,(H,23,27)(H,22,26,28). The summed E-state index contributed by atoms with van der Waals surface area (Å²) in [6, 6.07) is 5.42. The smallest absolute Gasteiger partial charge is 0.258 e. The average molecular weight is 414 g/mol. The summed E-state index contributed by atoms with van der Waals surface area (Å²) in [6.07, 6.45) is 2.31. The minimum atomic E-state index is -0.454. The molecule has 0 bridgehead atoms. The Morgan fingerprint density at radius 1 is 1.37 bits per heavy atom. The number of carbonyl (C=O) groups excluding carboxylic acids is 3. The normalized spacial score (nSPS) is 21.3. The maximum atomic E-state index is 12.3. The molecule has 30 heavy (non-hydrogen) atoms. The third kappa shape index (κ3) is 4.16. The van der Waals surface area contributed by atoms with Crippen molar-refractivity contribution in [2.45, 2.75) is 44.1 Å². The molecule has 1 aromatic carbocycles. The molecule has 0 radical (unpaired) electrons. The molecule has 1 atom stereocenters. The van der Waals surface area contributed by atoms with Crippen LogP contribution in [0.1, 0.15) is 44.2 Å². The number of hydrogen-bond acceptors (Lipinski definition) is 6. The number of aromatic nitrogens is 2. The van der Waals surface area contributed by atoms with Gasteiger partial charge < -0.3 is 14.8 Å². The molecule has 2 fully saturated rings. The van der Waals surface area contributed by atoms with Gasteiger partial charge in [0, 0.05) is 43.7 Å². The molecule has 0 saturated carbocycles. The van der Waals surface area contributed by atoms with Crippen LogP contribution in [0.2, 0.25) is 0 Å². The number of amides is 3. The summed E-state index contributed by atoms with van der Waals surface area (Å²) in [5, 5.41) is 10.8. The predicted octanol–water partition coefficient (Wildman–Crippen LogP) is 1.16. The van der Waals surface area contributed by atoms with Gasteiger partial charge >= 0.3 is 0 Å². The van der Waals surface area contributed by atoms with E-state index in [1.54, 1.807) is 23.9 Å². The summed E-state index contributed by atoms with van der Waals surface area (Å²) >= 11 is 0. The number of piperidine rings is 1. The average Bonchev–Trinajstić information content (AvgIpc) is 3.02. The van der Waals surface area contributed by atoms with E-state index in [0.29, 0.717) is 37.5 Å². The Bertz CT molecular complexity index is 993. The van der Waals surface area contributed by atoms with Gasteiger partial charge in [-0.1, -0.05) is 0 Å². The van der Waals surface area contributed by atoms with Crippen LogP contribution in [-0.4, -0.2) is 52.9 Å². The van der Waals surface area contributed by atoms with Gasteiger partial charge in [0.25, 0.3) is 5.91 Å².